The summed E-state index contributed by atoms with van der Waals surface area (Å²) in [6.45, 7) is 0. The Kier molecular flexibility index (Phi) is 2.49. The van der Waals surface area contributed by atoms with Crippen molar-refractivity contribution in [1.82, 2.24) is 0 Å². The molecule has 1 N–H and O–H groups in total. The highest BCUT2D eigenvalue weighted by molar-refractivity contribution is 5.44. The van der Waals surface area contributed by atoms with Crippen LogP contribution in [0.2, 0.25) is 0 Å². The highest BCUT2D eigenvalue weighted by atomic mass is 16.3. The quantitative estimate of drug-likeness (QED) is 0.823. The van der Waals surface area contributed by atoms with Crippen molar-refractivity contribution < 1.29 is 5.11 Å². The van der Waals surface area contributed by atoms with Gasteiger partial charge in [0.05, 0.1) is 6.10 Å². The summed E-state index contributed by atoms with van der Waals surface area (Å²) in [6, 6.07) is 20.9. The van der Waals surface area contributed by atoms with Crippen molar-refractivity contribution in [3.63, 3.8) is 0 Å². The van der Waals surface area contributed by atoms with E-state index in [-0.39, 0.29) is 5.41 Å². The highest BCUT2D eigenvalue weighted by Crippen LogP contribution is 2.52. The van der Waals surface area contributed by atoms with Crippen LogP contribution in [0.3, 0.4) is 0 Å². The molecule has 0 heterocycles. The van der Waals surface area contributed by atoms with Crippen LogP contribution in [0.25, 0.3) is 0 Å². The van der Waals surface area contributed by atoms with Crippen LogP contribution in [0.15, 0.2) is 60.7 Å². The van der Waals surface area contributed by atoms with E-state index in [0.717, 1.165) is 12.8 Å². The molecule has 85 valence electrons. The first-order valence-corrected chi connectivity index (χ1v) is 5.96. The molecule has 1 nitrogen and oxygen atoms in total. The third-order valence-corrected chi connectivity index (χ3v) is 3.66. The molecule has 2 aromatic carbocycles. The minimum absolute atomic E-state index is 0.00734. The van der Waals surface area contributed by atoms with E-state index in [1.165, 1.54) is 11.1 Å². The van der Waals surface area contributed by atoms with E-state index < -0.39 is 0 Å². The Morgan fingerprint density at radius 1 is 0.706 bits per heavy atom. The Balaban J connectivity index is 2.07. The first-order chi connectivity index (χ1) is 8.31. The van der Waals surface area contributed by atoms with Gasteiger partial charge in [0.15, 0.2) is 0 Å². The smallest absolute Gasteiger partial charge is 0.0957 e. The minimum Gasteiger partial charge on any atom is -0.387 e. The van der Waals surface area contributed by atoms with E-state index in [9.17, 15) is 5.11 Å². The molecule has 0 unspecified atom stereocenters. The maximum Gasteiger partial charge on any atom is 0.0957 e. The van der Waals surface area contributed by atoms with Crippen molar-refractivity contribution in [1.29, 1.82) is 0 Å². The Bertz CT molecular complexity index is 442. The molecular weight excluding hydrogens is 208 g/mol. The van der Waals surface area contributed by atoms with Crippen LogP contribution in [0.4, 0.5) is 0 Å². The minimum atomic E-state index is -0.00734. The molecule has 1 aliphatic rings. The van der Waals surface area contributed by atoms with Crippen LogP contribution >= 0.6 is 0 Å². The normalized spacial score (nSPS) is 18.6. The van der Waals surface area contributed by atoms with Crippen molar-refractivity contribution in [3.8, 4) is 0 Å². The van der Waals surface area contributed by atoms with Crippen LogP contribution in [0.5, 0.6) is 0 Å². The summed E-state index contributed by atoms with van der Waals surface area (Å²) >= 11 is 0. The Labute approximate surface area is 102 Å². The zero-order valence-electron chi connectivity index (χ0n) is 9.63. The van der Waals surface area contributed by atoms with E-state index >= 15 is 0 Å². The molecule has 1 fully saturated rings. The van der Waals surface area contributed by atoms with E-state index in [1.54, 1.807) is 0 Å². The van der Waals surface area contributed by atoms with Crippen LogP contribution in [0, 0.1) is 6.10 Å². The predicted octanol–water partition coefficient (Wildman–Crippen LogP) is 3.67. The van der Waals surface area contributed by atoms with Crippen LogP contribution < -0.4 is 0 Å². The first kappa shape index (κ1) is 10.5. The number of hydrogen-bond acceptors (Lipinski definition) is 1. The first-order valence-electron chi connectivity index (χ1n) is 5.96. The molecule has 0 aliphatic heterocycles. The molecule has 2 aromatic rings. The molecule has 0 aromatic heterocycles. The average Bonchev–Trinajstić information content (AvgIpc) is 2.37. The summed E-state index contributed by atoms with van der Waals surface area (Å²) in [5, 5.41) is 9.62. The molecule has 1 heteroatoms. The van der Waals surface area contributed by atoms with Crippen molar-refractivity contribution in [2.75, 3.05) is 0 Å². The van der Waals surface area contributed by atoms with Gasteiger partial charge in [-0.25, -0.2) is 0 Å². The molecule has 1 radical (unpaired) electrons. The van der Waals surface area contributed by atoms with Gasteiger partial charge in [-0.3, -0.25) is 0 Å². The zero-order valence-corrected chi connectivity index (χ0v) is 9.63. The summed E-state index contributed by atoms with van der Waals surface area (Å²) in [6.07, 6.45) is 2.11. The monoisotopic (exact) mass is 223 g/mol. The molecular formula is C16H15O. The van der Waals surface area contributed by atoms with Gasteiger partial charge in [0, 0.05) is 5.41 Å². The Morgan fingerprint density at radius 2 is 1.12 bits per heavy atom. The molecule has 0 saturated heterocycles. The standard InChI is InChI=1S/C16H15O/c17-15-11-16(12-15,13-7-3-1-4-8-13)14-9-5-2-6-10-14/h1-10,17H,11-12H2. The average molecular weight is 223 g/mol. The molecule has 0 spiro atoms. The number of benzene rings is 2. The molecule has 0 amide bonds. The largest absolute Gasteiger partial charge is 0.387 e. The SMILES string of the molecule is O[C]1CC(c2ccccc2)(c2ccccc2)C1. The second kappa shape index (κ2) is 4.01. The zero-order chi connectivity index (χ0) is 11.7. The number of rotatable bonds is 2. The van der Waals surface area contributed by atoms with Gasteiger partial charge in [-0.1, -0.05) is 60.7 Å². The molecule has 3 rings (SSSR count). The van der Waals surface area contributed by atoms with Crippen molar-refractivity contribution in [2.45, 2.75) is 18.3 Å². The summed E-state index contributed by atoms with van der Waals surface area (Å²) < 4.78 is 0. The highest BCUT2D eigenvalue weighted by Gasteiger charge is 2.46. The van der Waals surface area contributed by atoms with Gasteiger partial charge >= 0.3 is 0 Å². The van der Waals surface area contributed by atoms with Gasteiger partial charge in [-0.05, 0) is 24.0 Å². The number of hydrogen-bond donors (Lipinski definition) is 1. The van der Waals surface area contributed by atoms with Gasteiger partial charge < -0.3 is 5.11 Å². The third kappa shape index (κ3) is 1.67. The van der Waals surface area contributed by atoms with E-state index in [4.69, 9.17) is 0 Å². The fraction of sp³-hybridized carbons (Fsp3) is 0.188. The van der Waals surface area contributed by atoms with Gasteiger partial charge in [-0.2, -0.15) is 0 Å². The maximum absolute atomic E-state index is 9.62. The van der Waals surface area contributed by atoms with Crippen molar-refractivity contribution in [2.24, 2.45) is 0 Å². The lowest BCUT2D eigenvalue weighted by Crippen LogP contribution is -2.41. The second-order valence-electron chi connectivity index (χ2n) is 4.73. The summed E-state index contributed by atoms with van der Waals surface area (Å²) in [5.74, 6) is 0. The Hall–Kier alpha value is -1.60. The maximum atomic E-state index is 9.62. The van der Waals surface area contributed by atoms with Crippen LogP contribution in [-0.4, -0.2) is 5.11 Å². The molecule has 1 saturated carbocycles. The van der Waals surface area contributed by atoms with E-state index in [2.05, 4.69) is 48.5 Å². The van der Waals surface area contributed by atoms with Crippen molar-refractivity contribution in [3.05, 3.63) is 77.9 Å². The van der Waals surface area contributed by atoms with E-state index in [1.807, 2.05) is 12.1 Å². The topological polar surface area (TPSA) is 20.2 Å². The molecule has 1 aliphatic carbocycles. The molecule has 0 atom stereocenters. The summed E-state index contributed by atoms with van der Waals surface area (Å²) in [5.41, 5.74) is 2.58. The lowest BCUT2D eigenvalue weighted by atomic mass is 9.59. The predicted molar refractivity (Wildman–Crippen MR) is 68.1 cm³/mol. The van der Waals surface area contributed by atoms with Gasteiger partial charge in [0.2, 0.25) is 0 Å². The van der Waals surface area contributed by atoms with Gasteiger partial charge in [0.25, 0.3) is 0 Å². The fourth-order valence-electron chi connectivity index (χ4n) is 2.73. The number of aliphatic hydroxyl groups excluding tert-OH is 1. The van der Waals surface area contributed by atoms with Gasteiger partial charge in [-0.15, -0.1) is 0 Å². The molecule has 0 bridgehead atoms. The van der Waals surface area contributed by atoms with Crippen LogP contribution in [-0.2, 0) is 5.41 Å². The Morgan fingerprint density at radius 3 is 1.47 bits per heavy atom. The van der Waals surface area contributed by atoms with E-state index in [0.29, 0.717) is 6.10 Å². The third-order valence-electron chi connectivity index (χ3n) is 3.66. The second-order valence-corrected chi connectivity index (χ2v) is 4.73. The van der Waals surface area contributed by atoms with Crippen molar-refractivity contribution >= 4 is 0 Å². The van der Waals surface area contributed by atoms with Crippen LogP contribution in [0.1, 0.15) is 24.0 Å². The fourth-order valence-corrected chi connectivity index (χ4v) is 2.73. The molecule has 17 heavy (non-hydrogen) atoms. The number of aliphatic hydroxyl groups is 1. The lowest BCUT2D eigenvalue weighted by Gasteiger charge is -2.45. The summed E-state index contributed by atoms with van der Waals surface area (Å²) in [4.78, 5) is 0. The summed E-state index contributed by atoms with van der Waals surface area (Å²) in [7, 11) is 0. The lowest BCUT2D eigenvalue weighted by molar-refractivity contribution is 0.142. The van der Waals surface area contributed by atoms with Gasteiger partial charge in [0.1, 0.15) is 0 Å².